The van der Waals surface area contributed by atoms with Crippen LogP contribution in [0.1, 0.15) is 48.4 Å². The summed E-state index contributed by atoms with van der Waals surface area (Å²) >= 11 is 6.31. The fourth-order valence-corrected chi connectivity index (χ4v) is 3.62. The van der Waals surface area contributed by atoms with E-state index < -0.39 is 0 Å². The van der Waals surface area contributed by atoms with Gasteiger partial charge >= 0.3 is 0 Å². The molecule has 0 aliphatic carbocycles. The van der Waals surface area contributed by atoms with Crippen LogP contribution < -0.4 is 9.64 Å². The van der Waals surface area contributed by atoms with Crippen LogP contribution >= 0.6 is 11.6 Å². The van der Waals surface area contributed by atoms with Crippen molar-refractivity contribution in [2.75, 3.05) is 11.4 Å². The molecular weight excluding hydrogens is 388 g/mol. The number of ether oxygens (including phenoxy) is 1. The Bertz CT molecular complexity index is 1080. The third kappa shape index (κ3) is 3.60. The van der Waals surface area contributed by atoms with Crippen molar-refractivity contribution in [3.8, 4) is 11.4 Å². The summed E-state index contributed by atoms with van der Waals surface area (Å²) in [6.45, 7) is 8.41. The van der Waals surface area contributed by atoms with Gasteiger partial charge in [-0.2, -0.15) is 5.10 Å². The number of hydrogen-bond acceptors (Lipinski definition) is 4. The third-order valence-electron chi connectivity index (χ3n) is 4.98. The van der Waals surface area contributed by atoms with Gasteiger partial charge in [-0.1, -0.05) is 37.6 Å². The summed E-state index contributed by atoms with van der Waals surface area (Å²) in [6.07, 6.45) is 1.53. The van der Waals surface area contributed by atoms with Crippen LogP contribution in [0.3, 0.4) is 0 Å². The van der Waals surface area contributed by atoms with E-state index in [1.165, 1.54) is 0 Å². The second kappa shape index (κ2) is 7.52. The maximum absolute atomic E-state index is 13.5. The first-order valence-electron chi connectivity index (χ1n) is 9.64. The number of carbonyl (C=O) groups is 1. The van der Waals surface area contributed by atoms with Gasteiger partial charge in [0.05, 0.1) is 22.9 Å². The lowest BCUT2D eigenvalue weighted by molar-refractivity contribution is 0.0960. The lowest BCUT2D eigenvalue weighted by Gasteiger charge is -2.34. The van der Waals surface area contributed by atoms with E-state index in [-0.39, 0.29) is 17.9 Å². The minimum Gasteiger partial charge on any atom is -0.485 e. The lowest BCUT2D eigenvalue weighted by Crippen LogP contribution is -2.42. The Morgan fingerprint density at radius 2 is 2.07 bits per heavy atom. The van der Waals surface area contributed by atoms with Crippen molar-refractivity contribution in [3.63, 3.8) is 0 Å². The second-order valence-electron chi connectivity index (χ2n) is 7.63. The first kappa shape index (κ1) is 19.5. The molecule has 0 bridgehead atoms. The Balaban J connectivity index is 1.73. The van der Waals surface area contributed by atoms with Crippen LogP contribution in [0.15, 0.2) is 42.7 Å². The van der Waals surface area contributed by atoms with Gasteiger partial charge in [0.2, 0.25) is 0 Å². The fraction of sp³-hybridized carbons (Fsp3) is 0.318. The highest BCUT2D eigenvalue weighted by molar-refractivity contribution is 6.32. The summed E-state index contributed by atoms with van der Waals surface area (Å²) in [6, 6.07) is 11.2. The molecule has 0 fully saturated rings. The highest BCUT2D eigenvalue weighted by atomic mass is 35.5. The standard InChI is InChI=1S/C22H23ClN4O2/c1-13(2)21-24-12-27(25-21)16-9-8-14(3)17(10-16)22(28)26-11-15(4)29-20-18(23)6-5-7-19(20)26/h5-10,12-13,15H,11H2,1-4H3/t15-/m0/s1. The quantitative estimate of drug-likeness (QED) is 0.623. The number of halogens is 1. The summed E-state index contributed by atoms with van der Waals surface area (Å²) in [5.74, 6) is 1.46. The van der Waals surface area contributed by atoms with E-state index in [0.29, 0.717) is 28.6 Å². The number of carbonyl (C=O) groups excluding carboxylic acids is 1. The van der Waals surface area contributed by atoms with Crippen LogP contribution in [0.4, 0.5) is 5.69 Å². The molecule has 1 aliphatic rings. The van der Waals surface area contributed by atoms with Gasteiger partial charge in [0.25, 0.3) is 5.91 Å². The van der Waals surface area contributed by atoms with E-state index in [9.17, 15) is 4.79 Å². The molecule has 1 amide bonds. The SMILES string of the molecule is Cc1ccc(-n2cnc(C(C)C)n2)cc1C(=O)N1C[C@H](C)Oc2c(Cl)cccc21. The number of anilines is 1. The van der Waals surface area contributed by atoms with Crippen LogP contribution in [0.5, 0.6) is 5.75 Å². The predicted octanol–water partition coefficient (Wildman–Crippen LogP) is 4.78. The van der Waals surface area contributed by atoms with Gasteiger partial charge in [0.1, 0.15) is 12.4 Å². The van der Waals surface area contributed by atoms with Crippen LogP contribution in [0.2, 0.25) is 5.02 Å². The largest absolute Gasteiger partial charge is 0.485 e. The first-order chi connectivity index (χ1) is 13.8. The molecule has 0 N–H and O–H groups in total. The van der Waals surface area contributed by atoms with Crippen LogP contribution in [-0.2, 0) is 0 Å². The summed E-state index contributed by atoms with van der Waals surface area (Å²) in [5.41, 5.74) is 2.99. The summed E-state index contributed by atoms with van der Waals surface area (Å²) in [7, 11) is 0. The van der Waals surface area contributed by atoms with Crippen molar-refractivity contribution < 1.29 is 9.53 Å². The van der Waals surface area contributed by atoms with E-state index in [1.54, 1.807) is 22.0 Å². The van der Waals surface area contributed by atoms with E-state index >= 15 is 0 Å². The number of aromatic nitrogens is 3. The van der Waals surface area contributed by atoms with Crippen molar-refractivity contribution in [3.05, 3.63) is 64.7 Å². The molecule has 0 saturated carbocycles. The first-order valence-corrected chi connectivity index (χ1v) is 10.0. The molecule has 0 radical (unpaired) electrons. The molecule has 2 aromatic carbocycles. The minimum absolute atomic E-state index is 0.0905. The highest BCUT2D eigenvalue weighted by Gasteiger charge is 2.30. The summed E-state index contributed by atoms with van der Waals surface area (Å²) < 4.78 is 7.59. The van der Waals surface area contributed by atoms with Crippen LogP contribution in [0.25, 0.3) is 5.69 Å². The summed E-state index contributed by atoms with van der Waals surface area (Å²) in [5, 5.41) is 5.03. The monoisotopic (exact) mass is 410 g/mol. The number of hydrogen-bond donors (Lipinski definition) is 0. The Kier molecular flexibility index (Phi) is 5.04. The molecule has 150 valence electrons. The molecule has 1 atom stereocenters. The van der Waals surface area contributed by atoms with E-state index in [0.717, 1.165) is 17.1 Å². The maximum Gasteiger partial charge on any atom is 0.258 e. The zero-order valence-electron chi connectivity index (χ0n) is 16.9. The van der Waals surface area contributed by atoms with Crippen molar-refractivity contribution in [1.82, 2.24) is 14.8 Å². The van der Waals surface area contributed by atoms with Crippen molar-refractivity contribution in [1.29, 1.82) is 0 Å². The van der Waals surface area contributed by atoms with Crippen molar-refractivity contribution in [2.24, 2.45) is 0 Å². The van der Waals surface area contributed by atoms with Gasteiger partial charge in [-0.3, -0.25) is 4.79 Å². The molecule has 4 rings (SSSR count). The molecule has 29 heavy (non-hydrogen) atoms. The Morgan fingerprint density at radius 1 is 1.28 bits per heavy atom. The second-order valence-corrected chi connectivity index (χ2v) is 8.04. The van der Waals surface area contributed by atoms with E-state index in [1.807, 2.05) is 58.0 Å². The lowest BCUT2D eigenvalue weighted by atomic mass is 10.0. The normalized spacial score (nSPS) is 15.9. The molecule has 0 unspecified atom stereocenters. The molecule has 7 heteroatoms. The Hall–Kier alpha value is -2.86. The molecule has 1 aromatic heterocycles. The Morgan fingerprint density at radius 3 is 2.79 bits per heavy atom. The molecule has 0 saturated heterocycles. The number of nitrogens with zero attached hydrogens (tertiary/aromatic N) is 4. The smallest absolute Gasteiger partial charge is 0.258 e. The average molecular weight is 411 g/mol. The van der Waals surface area contributed by atoms with Crippen molar-refractivity contribution >= 4 is 23.2 Å². The number of benzene rings is 2. The van der Waals surface area contributed by atoms with E-state index in [4.69, 9.17) is 16.3 Å². The topological polar surface area (TPSA) is 60.2 Å². The van der Waals surface area contributed by atoms with E-state index in [2.05, 4.69) is 10.1 Å². The number of para-hydroxylation sites is 1. The Labute approximate surface area is 175 Å². The van der Waals surface area contributed by atoms with Gasteiger partial charge in [-0.25, -0.2) is 9.67 Å². The fourth-order valence-electron chi connectivity index (χ4n) is 3.41. The molecule has 0 spiro atoms. The molecule has 6 nitrogen and oxygen atoms in total. The molecule has 1 aliphatic heterocycles. The number of aryl methyl sites for hydroxylation is 1. The number of amides is 1. The molecule has 2 heterocycles. The van der Waals surface area contributed by atoms with Crippen LogP contribution in [0, 0.1) is 6.92 Å². The highest BCUT2D eigenvalue weighted by Crippen LogP contribution is 2.40. The average Bonchev–Trinajstić information content (AvgIpc) is 3.19. The van der Waals surface area contributed by atoms with Gasteiger partial charge < -0.3 is 9.64 Å². The van der Waals surface area contributed by atoms with Gasteiger partial charge in [-0.05, 0) is 43.7 Å². The summed E-state index contributed by atoms with van der Waals surface area (Å²) in [4.78, 5) is 19.6. The minimum atomic E-state index is -0.154. The number of rotatable bonds is 3. The third-order valence-corrected chi connectivity index (χ3v) is 5.28. The maximum atomic E-state index is 13.5. The van der Waals surface area contributed by atoms with Gasteiger partial charge in [0, 0.05) is 11.5 Å². The number of fused-ring (bicyclic) bond motifs is 1. The van der Waals surface area contributed by atoms with Crippen molar-refractivity contribution in [2.45, 2.75) is 39.7 Å². The van der Waals surface area contributed by atoms with Gasteiger partial charge in [-0.15, -0.1) is 0 Å². The molecular formula is C22H23ClN4O2. The zero-order valence-corrected chi connectivity index (χ0v) is 17.6. The van der Waals surface area contributed by atoms with Gasteiger partial charge in [0.15, 0.2) is 11.6 Å². The zero-order chi connectivity index (χ0) is 20.7. The predicted molar refractivity (Wildman–Crippen MR) is 113 cm³/mol. The van der Waals surface area contributed by atoms with Crippen LogP contribution in [-0.4, -0.2) is 33.3 Å². The molecule has 3 aromatic rings.